The Hall–Kier alpha value is -1.30. The number of halogens is 3. The summed E-state index contributed by atoms with van der Waals surface area (Å²) in [6.45, 7) is 0.137. The van der Waals surface area contributed by atoms with Crippen molar-refractivity contribution in [2.45, 2.75) is 6.54 Å². The molecule has 0 saturated heterocycles. The number of pyridine rings is 1. The Morgan fingerprint density at radius 2 is 1.94 bits per heavy atom. The minimum absolute atomic E-state index is 0.0763. The maximum absolute atomic E-state index is 11.5. The predicted octanol–water partition coefficient (Wildman–Crippen LogP) is 1.94. The molecule has 0 amide bonds. The number of aromatic amines is 1. The van der Waals surface area contributed by atoms with Crippen LogP contribution in [0.5, 0.6) is 0 Å². The molecule has 2 rings (SSSR count). The number of nitrogens with one attached hydrogen (secondary N) is 1. The molecule has 0 radical (unpaired) electrons. The first kappa shape index (κ1) is 13.1. The normalized spacial score (nSPS) is 10.6. The first-order valence-corrected chi connectivity index (χ1v) is 5.91. The highest BCUT2D eigenvalue weighted by Crippen LogP contribution is 2.17. The lowest BCUT2D eigenvalue weighted by Gasteiger charge is -2.06. The van der Waals surface area contributed by atoms with Gasteiger partial charge in [0.15, 0.2) is 0 Å². The van der Waals surface area contributed by atoms with E-state index in [1.165, 1.54) is 10.8 Å². The summed E-state index contributed by atoms with van der Waals surface area (Å²) < 4.78 is 1.22. The third-order valence-electron chi connectivity index (χ3n) is 2.20. The molecule has 2 aromatic rings. The van der Waals surface area contributed by atoms with E-state index in [0.29, 0.717) is 5.56 Å². The van der Waals surface area contributed by atoms with Crippen molar-refractivity contribution in [2.75, 3.05) is 0 Å². The van der Waals surface area contributed by atoms with Crippen molar-refractivity contribution in [3.8, 4) is 0 Å². The van der Waals surface area contributed by atoms with E-state index in [1.54, 1.807) is 12.1 Å². The van der Waals surface area contributed by atoms with Gasteiger partial charge in [0.1, 0.15) is 15.3 Å². The summed E-state index contributed by atoms with van der Waals surface area (Å²) in [7, 11) is 0. The van der Waals surface area contributed by atoms with E-state index in [9.17, 15) is 9.59 Å². The second-order valence-electron chi connectivity index (χ2n) is 3.45. The highest BCUT2D eigenvalue weighted by Gasteiger charge is 2.07. The molecule has 2 aromatic heterocycles. The zero-order valence-corrected chi connectivity index (χ0v) is 11.1. The van der Waals surface area contributed by atoms with Crippen LogP contribution in [-0.4, -0.2) is 14.5 Å². The number of rotatable bonds is 2. The standard InChI is InChI=1S/C10H6Cl3N3O2/c11-6-4-16(10(18)15-9(6)17)3-5-1-2-7(12)14-8(5)13/h1-2,4H,3H2,(H,15,17,18). The van der Waals surface area contributed by atoms with Gasteiger partial charge in [-0.25, -0.2) is 9.78 Å². The summed E-state index contributed by atoms with van der Waals surface area (Å²) in [4.78, 5) is 28.6. The molecule has 1 N–H and O–H groups in total. The first-order valence-electron chi connectivity index (χ1n) is 4.77. The lowest BCUT2D eigenvalue weighted by atomic mass is 10.3. The SMILES string of the molecule is O=c1[nH]c(=O)n(Cc2ccc(Cl)nc2Cl)cc1Cl. The monoisotopic (exact) mass is 305 g/mol. The maximum Gasteiger partial charge on any atom is 0.328 e. The molecule has 8 heteroatoms. The van der Waals surface area contributed by atoms with Crippen LogP contribution in [0.4, 0.5) is 0 Å². The van der Waals surface area contributed by atoms with Crippen LogP contribution in [0, 0.1) is 0 Å². The highest BCUT2D eigenvalue weighted by molar-refractivity contribution is 6.32. The summed E-state index contributed by atoms with van der Waals surface area (Å²) in [5.41, 5.74) is -0.611. The van der Waals surface area contributed by atoms with Gasteiger partial charge in [0.05, 0.1) is 6.54 Å². The Bertz CT molecular complexity index is 708. The molecule has 0 unspecified atom stereocenters. The molecule has 0 aromatic carbocycles. The second-order valence-corrected chi connectivity index (χ2v) is 4.60. The Kier molecular flexibility index (Phi) is 3.75. The minimum Gasteiger partial charge on any atom is -0.295 e. The lowest BCUT2D eigenvalue weighted by Crippen LogP contribution is -2.30. The fourth-order valence-electron chi connectivity index (χ4n) is 1.34. The maximum atomic E-state index is 11.5. The van der Waals surface area contributed by atoms with E-state index in [2.05, 4.69) is 9.97 Å². The Labute approximate surface area is 116 Å². The van der Waals surface area contributed by atoms with Crippen LogP contribution < -0.4 is 11.2 Å². The van der Waals surface area contributed by atoms with Crippen LogP contribution in [0.25, 0.3) is 0 Å². The summed E-state index contributed by atoms with van der Waals surface area (Å²) in [5.74, 6) is 0. The van der Waals surface area contributed by atoms with Crippen molar-refractivity contribution in [1.29, 1.82) is 0 Å². The van der Waals surface area contributed by atoms with Gasteiger partial charge in [-0.15, -0.1) is 0 Å². The minimum atomic E-state index is -0.627. The molecule has 0 saturated carbocycles. The van der Waals surface area contributed by atoms with Crippen LogP contribution in [0.3, 0.4) is 0 Å². The first-order chi connectivity index (χ1) is 8.47. The van der Waals surface area contributed by atoms with Gasteiger partial charge in [0, 0.05) is 11.8 Å². The van der Waals surface area contributed by atoms with E-state index in [-0.39, 0.29) is 21.9 Å². The predicted molar refractivity (Wildman–Crippen MR) is 69.7 cm³/mol. The smallest absolute Gasteiger partial charge is 0.295 e. The van der Waals surface area contributed by atoms with Gasteiger partial charge < -0.3 is 0 Å². The molecule has 94 valence electrons. The van der Waals surface area contributed by atoms with Crippen LogP contribution in [0.1, 0.15) is 5.56 Å². The zero-order chi connectivity index (χ0) is 13.3. The summed E-state index contributed by atoms with van der Waals surface area (Å²) in [5, 5.41) is 0.375. The summed E-state index contributed by atoms with van der Waals surface area (Å²) in [6.07, 6.45) is 1.24. The largest absolute Gasteiger partial charge is 0.328 e. The van der Waals surface area contributed by atoms with Gasteiger partial charge >= 0.3 is 5.69 Å². The second kappa shape index (κ2) is 5.14. The van der Waals surface area contributed by atoms with E-state index in [0.717, 1.165) is 0 Å². The fourth-order valence-corrected chi connectivity index (χ4v) is 1.91. The zero-order valence-electron chi connectivity index (χ0n) is 8.78. The number of H-pyrrole nitrogens is 1. The van der Waals surface area contributed by atoms with Crippen LogP contribution in [-0.2, 0) is 6.54 Å². The molecule has 0 aliphatic rings. The van der Waals surface area contributed by atoms with E-state index < -0.39 is 11.2 Å². The van der Waals surface area contributed by atoms with E-state index in [4.69, 9.17) is 34.8 Å². The number of hydrogen-bond donors (Lipinski definition) is 1. The molecule has 0 aliphatic carbocycles. The molecule has 0 atom stereocenters. The van der Waals surface area contributed by atoms with Crippen molar-refractivity contribution in [1.82, 2.24) is 14.5 Å². The molecule has 2 heterocycles. The van der Waals surface area contributed by atoms with Gasteiger partial charge in [-0.2, -0.15) is 0 Å². The Morgan fingerprint density at radius 1 is 1.22 bits per heavy atom. The van der Waals surface area contributed by atoms with Crippen molar-refractivity contribution in [3.05, 3.63) is 60.1 Å². The van der Waals surface area contributed by atoms with Crippen LogP contribution >= 0.6 is 34.8 Å². The quantitative estimate of drug-likeness (QED) is 0.862. The van der Waals surface area contributed by atoms with E-state index in [1.807, 2.05) is 0 Å². The third-order valence-corrected chi connectivity index (χ3v) is 3.01. The molecular weight excluding hydrogens is 300 g/mol. The topological polar surface area (TPSA) is 67.8 Å². The van der Waals surface area contributed by atoms with Crippen molar-refractivity contribution in [2.24, 2.45) is 0 Å². The molecule has 18 heavy (non-hydrogen) atoms. The summed E-state index contributed by atoms with van der Waals surface area (Å²) in [6, 6.07) is 3.20. The molecule has 0 spiro atoms. The lowest BCUT2D eigenvalue weighted by molar-refractivity contribution is 0.718. The molecule has 0 fully saturated rings. The third kappa shape index (κ3) is 2.75. The van der Waals surface area contributed by atoms with Gasteiger partial charge in [-0.05, 0) is 6.07 Å². The Morgan fingerprint density at radius 3 is 2.61 bits per heavy atom. The van der Waals surface area contributed by atoms with Gasteiger partial charge in [-0.1, -0.05) is 40.9 Å². The molecule has 0 aliphatic heterocycles. The highest BCUT2D eigenvalue weighted by atomic mass is 35.5. The summed E-state index contributed by atoms with van der Waals surface area (Å²) >= 11 is 17.2. The van der Waals surface area contributed by atoms with Gasteiger partial charge in [0.2, 0.25) is 0 Å². The Balaban J connectivity index is 2.43. The van der Waals surface area contributed by atoms with Gasteiger partial charge in [-0.3, -0.25) is 14.3 Å². The number of aromatic nitrogens is 3. The number of nitrogens with zero attached hydrogens (tertiary/aromatic N) is 2. The van der Waals surface area contributed by atoms with Crippen LogP contribution in [0.15, 0.2) is 27.9 Å². The number of hydrogen-bond acceptors (Lipinski definition) is 3. The molecular formula is C10H6Cl3N3O2. The fraction of sp³-hybridized carbons (Fsp3) is 0.100. The van der Waals surface area contributed by atoms with Gasteiger partial charge in [0.25, 0.3) is 5.56 Å². The van der Waals surface area contributed by atoms with E-state index >= 15 is 0 Å². The van der Waals surface area contributed by atoms with Crippen molar-refractivity contribution < 1.29 is 0 Å². The van der Waals surface area contributed by atoms with Crippen LogP contribution in [0.2, 0.25) is 15.3 Å². The molecule has 5 nitrogen and oxygen atoms in total. The molecule has 0 bridgehead atoms. The van der Waals surface area contributed by atoms with Crippen molar-refractivity contribution in [3.63, 3.8) is 0 Å². The van der Waals surface area contributed by atoms with Crippen molar-refractivity contribution >= 4 is 34.8 Å². The average Bonchev–Trinajstić information content (AvgIpc) is 2.29. The average molecular weight is 307 g/mol.